The van der Waals surface area contributed by atoms with Gasteiger partial charge in [0.05, 0.1) is 21.1 Å². The monoisotopic (exact) mass is 557 g/mol. The first-order valence-corrected chi connectivity index (χ1v) is 12.5. The summed E-state index contributed by atoms with van der Waals surface area (Å²) in [5, 5.41) is 12.8. The second-order valence-corrected chi connectivity index (χ2v) is 9.55. The molecule has 1 aromatic heterocycles. The van der Waals surface area contributed by atoms with Gasteiger partial charge >= 0.3 is 0 Å². The number of anilines is 1. The van der Waals surface area contributed by atoms with Crippen molar-refractivity contribution in [1.29, 1.82) is 0 Å². The summed E-state index contributed by atoms with van der Waals surface area (Å²) in [6, 6.07) is 15.8. The van der Waals surface area contributed by atoms with E-state index in [2.05, 4.69) is 41.7 Å². The molecule has 35 heavy (non-hydrogen) atoms. The molecular weight excluding hydrogens is 534 g/mol. The average molecular weight is 559 g/mol. The zero-order chi connectivity index (χ0) is 24.8. The lowest BCUT2D eigenvalue weighted by Gasteiger charge is -2.29. The molecule has 8 nitrogen and oxygen atoms in total. The van der Waals surface area contributed by atoms with Crippen molar-refractivity contribution in [3.05, 3.63) is 80.9 Å². The summed E-state index contributed by atoms with van der Waals surface area (Å²) in [5.74, 6) is -0.598. The number of H-pyrrole nitrogens is 1. The van der Waals surface area contributed by atoms with Gasteiger partial charge in [-0.2, -0.15) is 5.10 Å². The van der Waals surface area contributed by atoms with Gasteiger partial charge in [-0.3, -0.25) is 19.6 Å². The van der Waals surface area contributed by atoms with E-state index in [9.17, 15) is 14.4 Å². The molecule has 0 radical (unpaired) electrons. The number of rotatable bonds is 7. The Morgan fingerprint density at radius 1 is 1.11 bits per heavy atom. The molecule has 10 heteroatoms. The van der Waals surface area contributed by atoms with Gasteiger partial charge in [0.1, 0.15) is 12.0 Å². The van der Waals surface area contributed by atoms with Crippen molar-refractivity contribution in [3.63, 3.8) is 0 Å². The van der Waals surface area contributed by atoms with Crippen molar-refractivity contribution < 1.29 is 14.4 Å². The maximum atomic E-state index is 13.1. The van der Waals surface area contributed by atoms with Crippen LogP contribution in [0.4, 0.5) is 5.82 Å². The summed E-state index contributed by atoms with van der Waals surface area (Å²) in [4.78, 5) is 39.7. The third-order valence-corrected chi connectivity index (χ3v) is 7.09. The largest absolute Gasteiger partial charge is 0.347 e. The molecule has 2 heterocycles. The molecule has 1 unspecified atom stereocenters. The second-order valence-electron chi connectivity index (χ2n) is 8.35. The Hall–Kier alpha value is -3.01. The molecule has 3 N–H and O–H groups in total. The predicted molar refractivity (Wildman–Crippen MR) is 138 cm³/mol. The molecule has 0 aliphatic carbocycles. The van der Waals surface area contributed by atoms with Gasteiger partial charge in [0.15, 0.2) is 5.82 Å². The van der Waals surface area contributed by atoms with Crippen molar-refractivity contribution in [2.24, 2.45) is 0 Å². The Morgan fingerprint density at radius 2 is 1.86 bits per heavy atom. The van der Waals surface area contributed by atoms with E-state index in [0.717, 1.165) is 37.7 Å². The smallest absolute Gasteiger partial charge is 0.270 e. The molecule has 1 aliphatic heterocycles. The van der Waals surface area contributed by atoms with Gasteiger partial charge in [0.25, 0.3) is 11.8 Å². The van der Waals surface area contributed by atoms with Crippen molar-refractivity contribution in [3.8, 4) is 0 Å². The van der Waals surface area contributed by atoms with Crippen molar-refractivity contribution >= 4 is 51.4 Å². The number of amides is 2. The summed E-state index contributed by atoms with van der Waals surface area (Å²) < 4.78 is 0.343. The van der Waals surface area contributed by atoms with E-state index in [0.29, 0.717) is 21.6 Å². The van der Waals surface area contributed by atoms with Crippen molar-refractivity contribution in [2.45, 2.75) is 31.3 Å². The minimum Gasteiger partial charge on any atom is -0.347 e. The topological polar surface area (TPSA) is 107 Å². The van der Waals surface area contributed by atoms with E-state index in [1.54, 1.807) is 24.3 Å². The number of likely N-dealkylation sites (tertiary alicyclic amines) is 1. The van der Waals surface area contributed by atoms with Crippen LogP contribution in [-0.4, -0.2) is 52.3 Å². The fraction of sp³-hybridized carbons (Fsp3) is 0.280. The van der Waals surface area contributed by atoms with Gasteiger partial charge in [0, 0.05) is 12.6 Å². The molecule has 0 spiro atoms. The van der Waals surface area contributed by atoms with Crippen LogP contribution in [0.1, 0.15) is 51.7 Å². The zero-order valence-corrected chi connectivity index (χ0v) is 21.2. The normalized spacial score (nSPS) is 17.3. The van der Waals surface area contributed by atoms with Crippen LogP contribution in [0.15, 0.2) is 59.1 Å². The molecule has 1 saturated heterocycles. The summed E-state index contributed by atoms with van der Waals surface area (Å²) in [6.07, 6.45) is 3.63. The first-order valence-electron chi connectivity index (χ1n) is 11.3. The van der Waals surface area contributed by atoms with E-state index in [1.807, 2.05) is 30.3 Å². The van der Waals surface area contributed by atoms with E-state index in [1.165, 1.54) is 0 Å². The van der Waals surface area contributed by atoms with Crippen LogP contribution < -0.4 is 10.6 Å². The highest BCUT2D eigenvalue weighted by Crippen LogP contribution is 2.26. The molecule has 2 atom stereocenters. The number of carbonyl (C=O) groups is 3. The van der Waals surface area contributed by atoms with E-state index >= 15 is 0 Å². The Bertz CT molecular complexity index is 1200. The quantitative estimate of drug-likeness (QED) is 0.367. The van der Waals surface area contributed by atoms with Crippen LogP contribution in [0.25, 0.3) is 0 Å². The van der Waals surface area contributed by atoms with E-state index in [-0.39, 0.29) is 29.5 Å². The molecule has 0 bridgehead atoms. The molecule has 2 aromatic carbocycles. The third-order valence-electron chi connectivity index (χ3n) is 5.99. The first kappa shape index (κ1) is 25.1. The molecule has 3 aromatic rings. The fourth-order valence-electron chi connectivity index (χ4n) is 4.21. The number of nitrogens with zero attached hydrogens (tertiary/aromatic N) is 2. The highest BCUT2D eigenvalue weighted by molar-refractivity contribution is 9.10. The molecule has 0 saturated carbocycles. The number of aldehydes is 1. The lowest BCUT2D eigenvalue weighted by Crippen LogP contribution is -2.44. The number of hydrogen-bond donors (Lipinski definition) is 3. The van der Waals surface area contributed by atoms with Gasteiger partial charge in [-0.15, -0.1) is 0 Å². The molecule has 2 amide bonds. The van der Waals surface area contributed by atoms with Gasteiger partial charge in [-0.05, 0) is 53.0 Å². The fourth-order valence-corrected chi connectivity index (χ4v) is 4.88. The van der Waals surface area contributed by atoms with Crippen LogP contribution >= 0.6 is 27.5 Å². The van der Waals surface area contributed by atoms with Crippen LogP contribution in [0.5, 0.6) is 0 Å². The average Bonchev–Trinajstić information content (AvgIpc) is 3.07. The Morgan fingerprint density at radius 3 is 2.60 bits per heavy atom. The highest BCUT2D eigenvalue weighted by Gasteiger charge is 2.28. The van der Waals surface area contributed by atoms with Crippen molar-refractivity contribution in [1.82, 2.24) is 20.4 Å². The molecule has 4 rings (SSSR count). The van der Waals surface area contributed by atoms with Crippen LogP contribution in [0, 0.1) is 0 Å². The van der Waals surface area contributed by atoms with Crippen LogP contribution in [-0.2, 0) is 4.79 Å². The summed E-state index contributed by atoms with van der Waals surface area (Å²) in [7, 11) is 0. The number of carbonyl (C=O) groups excluding carboxylic acids is 3. The lowest BCUT2D eigenvalue weighted by molar-refractivity contribution is -0.112. The molecule has 1 fully saturated rings. The highest BCUT2D eigenvalue weighted by atomic mass is 79.9. The summed E-state index contributed by atoms with van der Waals surface area (Å²) in [6.45, 7) is 1.32. The van der Waals surface area contributed by atoms with Crippen molar-refractivity contribution in [2.75, 3.05) is 18.4 Å². The first-order chi connectivity index (χ1) is 17.0. The predicted octanol–water partition coefficient (Wildman–Crippen LogP) is 4.60. The number of halogens is 2. The Labute approximate surface area is 216 Å². The van der Waals surface area contributed by atoms with Gasteiger partial charge in [-0.1, -0.05) is 60.5 Å². The number of benzene rings is 2. The minimum atomic E-state index is -0.435. The Balaban J connectivity index is 1.43. The second kappa shape index (κ2) is 11.6. The summed E-state index contributed by atoms with van der Waals surface area (Å²) in [5.41, 5.74) is 1.44. The summed E-state index contributed by atoms with van der Waals surface area (Å²) >= 11 is 9.47. The van der Waals surface area contributed by atoms with Gasteiger partial charge in [-0.25, -0.2) is 0 Å². The number of aromatic nitrogens is 2. The van der Waals surface area contributed by atoms with E-state index in [4.69, 9.17) is 11.6 Å². The third kappa shape index (κ3) is 5.98. The van der Waals surface area contributed by atoms with Gasteiger partial charge < -0.3 is 15.4 Å². The maximum Gasteiger partial charge on any atom is 0.270 e. The van der Waals surface area contributed by atoms with Gasteiger partial charge in [0.2, 0.25) is 0 Å². The SMILES string of the molecule is O=CC(c1ccccc1)N1CCCC[C@@H](NC(=O)c2[nH]nc(NC(=O)c3ccccc3Cl)c2Br)C1. The number of aromatic amines is 1. The zero-order valence-electron chi connectivity index (χ0n) is 18.8. The molecule has 182 valence electrons. The standard InChI is InChI=1S/C25H25BrClN5O3/c26-21-22(30-31-23(21)29-24(34)18-11-4-5-12-19(18)27)25(35)28-17-10-6-7-13-32(14-17)20(15-33)16-8-2-1-3-9-16/h1-5,8-9,11-12,15,17,20H,6-7,10,13-14H2,(H,28,35)(H2,29,30,31,34)/t17-,20?/m1/s1. The number of hydrogen-bond acceptors (Lipinski definition) is 5. The minimum absolute atomic E-state index is 0.146. The molecular formula is C25H25BrClN5O3. The van der Waals surface area contributed by atoms with Crippen LogP contribution in [0.3, 0.4) is 0 Å². The van der Waals surface area contributed by atoms with Crippen LogP contribution in [0.2, 0.25) is 5.02 Å². The number of nitrogens with one attached hydrogen (secondary N) is 3. The van der Waals surface area contributed by atoms with E-state index < -0.39 is 5.91 Å². The maximum absolute atomic E-state index is 13.1. The lowest BCUT2D eigenvalue weighted by atomic mass is 10.1. The Kier molecular flexibility index (Phi) is 8.33. The molecule has 1 aliphatic rings.